The fourth-order valence-electron chi connectivity index (χ4n) is 2.91. The average molecular weight is 374 g/mol. The summed E-state index contributed by atoms with van der Waals surface area (Å²) in [7, 11) is 0. The standard InChI is InChI=1S/C18H13Cl2N3O2/c19-13-4-1-3-11(7-13)18-21-17(22-25-18)12-8-16(24)23(10-12)15-6-2-5-14(20)9-15/h1-7,9,12H,8,10H2. The Kier molecular flexibility index (Phi) is 4.19. The van der Waals surface area contributed by atoms with Gasteiger partial charge in [0, 0.05) is 40.2 Å². The Morgan fingerprint density at radius 2 is 1.84 bits per heavy atom. The molecule has 2 heterocycles. The lowest BCUT2D eigenvalue weighted by Crippen LogP contribution is -2.24. The van der Waals surface area contributed by atoms with Crippen molar-refractivity contribution in [1.82, 2.24) is 10.1 Å². The van der Waals surface area contributed by atoms with Crippen LogP contribution in [0.4, 0.5) is 5.69 Å². The molecule has 0 bridgehead atoms. The maximum atomic E-state index is 12.4. The van der Waals surface area contributed by atoms with E-state index >= 15 is 0 Å². The van der Waals surface area contributed by atoms with Gasteiger partial charge in [0.05, 0.1) is 0 Å². The Morgan fingerprint density at radius 1 is 1.08 bits per heavy atom. The smallest absolute Gasteiger partial charge is 0.257 e. The predicted octanol–water partition coefficient (Wildman–Crippen LogP) is 4.56. The van der Waals surface area contributed by atoms with Gasteiger partial charge in [0.15, 0.2) is 5.82 Å². The van der Waals surface area contributed by atoms with Crippen molar-refractivity contribution < 1.29 is 9.32 Å². The van der Waals surface area contributed by atoms with Crippen molar-refractivity contribution >= 4 is 34.8 Å². The van der Waals surface area contributed by atoms with Gasteiger partial charge >= 0.3 is 0 Å². The average Bonchev–Trinajstić information content (AvgIpc) is 3.21. The van der Waals surface area contributed by atoms with E-state index < -0.39 is 0 Å². The van der Waals surface area contributed by atoms with E-state index in [0.29, 0.717) is 34.7 Å². The molecule has 5 nitrogen and oxygen atoms in total. The van der Waals surface area contributed by atoms with E-state index in [1.807, 2.05) is 24.3 Å². The molecule has 3 aromatic rings. The third-order valence-corrected chi connectivity index (χ3v) is 4.59. The molecule has 0 spiro atoms. The number of rotatable bonds is 3. The second kappa shape index (κ2) is 6.50. The van der Waals surface area contributed by atoms with E-state index in [-0.39, 0.29) is 11.8 Å². The first-order valence-electron chi connectivity index (χ1n) is 7.75. The highest BCUT2D eigenvalue weighted by Gasteiger charge is 2.34. The molecule has 0 aliphatic carbocycles. The largest absolute Gasteiger partial charge is 0.334 e. The maximum absolute atomic E-state index is 12.4. The number of hydrogen-bond donors (Lipinski definition) is 0. The number of anilines is 1. The van der Waals surface area contributed by atoms with Crippen LogP contribution in [0.25, 0.3) is 11.5 Å². The summed E-state index contributed by atoms with van der Waals surface area (Å²) in [4.78, 5) is 18.5. The van der Waals surface area contributed by atoms with Crippen molar-refractivity contribution in [3.8, 4) is 11.5 Å². The van der Waals surface area contributed by atoms with E-state index in [1.54, 1.807) is 29.2 Å². The summed E-state index contributed by atoms with van der Waals surface area (Å²) in [6.45, 7) is 0.494. The van der Waals surface area contributed by atoms with Crippen molar-refractivity contribution in [3.05, 3.63) is 64.4 Å². The minimum atomic E-state index is -0.122. The molecule has 126 valence electrons. The Bertz CT molecular complexity index is 941. The number of carbonyl (C=O) groups is 1. The van der Waals surface area contributed by atoms with Crippen LogP contribution in [-0.2, 0) is 4.79 Å². The molecule has 0 radical (unpaired) electrons. The van der Waals surface area contributed by atoms with Crippen LogP contribution in [0.1, 0.15) is 18.2 Å². The minimum absolute atomic E-state index is 0.0152. The Labute approximate surface area is 154 Å². The van der Waals surface area contributed by atoms with Gasteiger partial charge in [0.1, 0.15) is 0 Å². The zero-order valence-electron chi connectivity index (χ0n) is 13.0. The number of nitrogens with zero attached hydrogens (tertiary/aromatic N) is 3. The van der Waals surface area contributed by atoms with E-state index in [0.717, 1.165) is 11.3 Å². The monoisotopic (exact) mass is 373 g/mol. The van der Waals surface area contributed by atoms with E-state index in [9.17, 15) is 4.79 Å². The van der Waals surface area contributed by atoms with E-state index in [1.165, 1.54) is 0 Å². The van der Waals surface area contributed by atoms with Crippen molar-refractivity contribution in [1.29, 1.82) is 0 Å². The maximum Gasteiger partial charge on any atom is 0.257 e. The van der Waals surface area contributed by atoms with Crippen molar-refractivity contribution in [2.45, 2.75) is 12.3 Å². The first-order chi connectivity index (χ1) is 12.1. The molecule has 0 saturated carbocycles. The molecular weight excluding hydrogens is 361 g/mol. The molecule has 7 heteroatoms. The molecular formula is C18H13Cl2N3O2. The molecule has 1 aliphatic rings. The third-order valence-electron chi connectivity index (χ3n) is 4.12. The SMILES string of the molecule is O=C1CC(c2noc(-c3cccc(Cl)c3)n2)CN1c1cccc(Cl)c1. The lowest BCUT2D eigenvalue weighted by molar-refractivity contribution is -0.117. The van der Waals surface area contributed by atoms with Crippen LogP contribution >= 0.6 is 23.2 Å². The summed E-state index contributed by atoms with van der Waals surface area (Å²) in [5, 5.41) is 5.24. The Balaban J connectivity index is 1.57. The highest BCUT2D eigenvalue weighted by Crippen LogP contribution is 2.32. The number of benzene rings is 2. The fraction of sp³-hybridized carbons (Fsp3) is 0.167. The van der Waals surface area contributed by atoms with Crippen LogP contribution in [0.15, 0.2) is 53.1 Å². The van der Waals surface area contributed by atoms with Gasteiger partial charge in [-0.05, 0) is 36.4 Å². The molecule has 1 unspecified atom stereocenters. The molecule has 1 amide bonds. The van der Waals surface area contributed by atoms with Gasteiger partial charge in [-0.25, -0.2) is 0 Å². The van der Waals surface area contributed by atoms with E-state index in [2.05, 4.69) is 10.1 Å². The van der Waals surface area contributed by atoms with Crippen LogP contribution in [0.2, 0.25) is 10.0 Å². The summed E-state index contributed by atoms with van der Waals surface area (Å²) in [5.41, 5.74) is 1.53. The zero-order valence-corrected chi connectivity index (χ0v) is 14.5. The van der Waals surface area contributed by atoms with Crippen LogP contribution in [0.3, 0.4) is 0 Å². The molecule has 1 saturated heterocycles. The first-order valence-corrected chi connectivity index (χ1v) is 8.51. The molecule has 4 rings (SSSR count). The molecule has 1 aliphatic heterocycles. The Hall–Kier alpha value is -2.37. The lowest BCUT2D eigenvalue weighted by Gasteiger charge is -2.16. The zero-order chi connectivity index (χ0) is 17.4. The highest BCUT2D eigenvalue weighted by molar-refractivity contribution is 6.31. The minimum Gasteiger partial charge on any atom is -0.334 e. The van der Waals surface area contributed by atoms with Crippen molar-refractivity contribution in [2.24, 2.45) is 0 Å². The Morgan fingerprint density at radius 3 is 2.60 bits per heavy atom. The van der Waals surface area contributed by atoms with Gasteiger partial charge in [-0.2, -0.15) is 4.98 Å². The van der Waals surface area contributed by atoms with E-state index in [4.69, 9.17) is 27.7 Å². The summed E-state index contributed by atoms with van der Waals surface area (Å²) < 4.78 is 5.34. The molecule has 25 heavy (non-hydrogen) atoms. The summed E-state index contributed by atoms with van der Waals surface area (Å²) in [6, 6.07) is 14.4. The number of aromatic nitrogens is 2. The second-order valence-electron chi connectivity index (χ2n) is 5.85. The molecule has 1 atom stereocenters. The second-order valence-corrected chi connectivity index (χ2v) is 6.73. The summed E-state index contributed by atoms with van der Waals surface area (Å²) in [6.07, 6.45) is 0.334. The van der Waals surface area contributed by atoms with Crippen LogP contribution in [0.5, 0.6) is 0 Å². The van der Waals surface area contributed by atoms with Crippen molar-refractivity contribution in [2.75, 3.05) is 11.4 Å². The normalized spacial score (nSPS) is 17.3. The molecule has 2 aromatic carbocycles. The molecule has 1 aromatic heterocycles. The number of carbonyl (C=O) groups excluding carboxylic acids is 1. The summed E-state index contributed by atoms with van der Waals surface area (Å²) >= 11 is 12.0. The predicted molar refractivity (Wildman–Crippen MR) is 95.9 cm³/mol. The van der Waals surface area contributed by atoms with Gasteiger partial charge in [0.25, 0.3) is 5.89 Å². The highest BCUT2D eigenvalue weighted by atomic mass is 35.5. The van der Waals surface area contributed by atoms with Crippen LogP contribution < -0.4 is 4.90 Å². The molecule has 1 fully saturated rings. The number of amides is 1. The first kappa shape index (κ1) is 16.1. The van der Waals surface area contributed by atoms with Crippen molar-refractivity contribution in [3.63, 3.8) is 0 Å². The topological polar surface area (TPSA) is 59.2 Å². The van der Waals surface area contributed by atoms with Crippen LogP contribution in [0, 0.1) is 0 Å². The lowest BCUT2D eigenvalue weighted by atomic mass is 10.1. The molecule has 0 N–H and O–H groups in total. The van der Waals surface area contributed by atoms with Gasteiger partial charge in [0.2, 0.25) is 5.91 Å². The fourth-order valence-corrected chi connectivity index (χ4v) is 3.29. The quantitative estimate of drug-likeness (QED) is 0.674. The summed E-state index contributed by atoms with van der Waals surface area (Å²) in [5.74, 6) is 0.809. The van der Waals surface area contributed by atoms with Gasteiger partial charge in [-0.15, -0.1) is 0 Å². The number of hydrogen-bond acceptors (Lipinski definition) is 4. The number of halogens is 2. The third kappa shape index (κ3) is 3.25. The van der Waals surface area contributed by atoms with Crippen LogP contribution in [-0.4, -0.2) is 22.6 Å². The van der Waals surface area contributed by atoms with Gasteiger partial charge in [-0.1, -0.05) is 40.5 Å². The van der Waals surface area contributed by atoms with Gasteiger partial charge < -0.3 is 9.42 Å². The van der Waals surface area contributed by atoms with Gasteiger partial charge in [-0.3, -0.25) is 4.79 Å².